The molecule has 1 fully saturated rings. The van der Waals surface area contributed by atoms with Crippen molar-refractivity contribution in [2.45, 2.75) is 19.4 Å². The van der Waals surface area contributed by atoms with E-state index in [2.05, 4.69) is 15.5 Å². The van der Waals surface area contributed by atoms with Gasteiger partial charge in [-0.25, -0.2) is 0 Å². The molecule has 1 aliphatic heterocycles. The Balaban J connectivity index is 1.78. The molecule has 20 heavy (non-hydrogen) atoms. The minimum absolute atomic E-state index is 0.0320. The number of amides is 2. The van der Waals surface area contributed by atoms with Crippen LogP contribution in [0.5, 0.6) is 0 Å². The number of thiophene rings is 1. The number of nitrogens with zero attached hydrogens (tertiary/aromatic N) is 1. The van der Waals surface area contributed by atoms with Gasteiger partial charge in [-0.05, 0) is 25.5 Å². The Hall–Kier alpha value is -1.11. The van der Waals surface area contributed by atoms with Crippen LogP contribution in [-0.2, 0) is 4.79 Å². The molecule has 0 bridgehead atoms. The topological polar surface area (TPSA) is 61.4 Å². The van der Waals surface area contributed by atoms with E-state index in [0.717, 1.165) is 13.0 Å². The largest absolute Gasteiger partial charge is 0.355 e. The van der Waals surface area contributed by atoms with Crippen LogP contribution in [0.3, 0.4) is 0 Å². The van der Waals surface area contributed by atoms with Crippen molar-refractivity contribution < 1.29 is 9.59 Å². The predicted octanol–water partition coefficient (Wildman–Crippen LogP) is 1.34. The van der Waals surface area contributed by atoms with Crippen LogP contribution in [0, 0.1) is 0 Å². The second-order valence-electron chi connectivity index (χ2n) is 4.75. The number of nitrogens with one attached hydrogen (secondary N) is 2. The molecule has 1 aliphatic rings. The first-order chi connectivity index (χ1) is 9.58. The third kappa shape index (κ3) is 4.19. The summed E-state index contributed by atoms with van der Waals surface area (Å²) in [6.07, 6.45) is 0.865. The van der Waals surface area contributed by atoms with E-state index in [-0.39, 0.29) is 17.9 Å². The van der Waals surface area contributed by atoms with Crippen molar-refractivity contribution in [2.75, 3.05) is 26.2 Å². The summed E-state index contributed by atoms with van der Waals surface area (Å²) in [6.45, 7) is 4.48. The number of carbonyl (C=O) groups excluding carboxylic acids is 2. The lowest BCUT2D eigenvalue weighted by Gasteiger charge is -2.15. The highest BCUT2D eigenvalue weighted by atomic mass is 35.5. The third-order valence-electron chi connectivity index (χ3n) is 3.15. The van der Waals surface area contributed by atoms with Crippen LogP contribution >= 0.6 is 22.9 Å². The van der Waals surface area contributed by atoms with Gasteiger partial charge in [0, 0.05) is 25.7 Å². The summed E-state index contributed by atoms with van der Waals surface area (Å²) < 4.78 is 0.611. The van der Waals surface area contributed by atoms with Gasteiger partial charge in [0.1, 0.15) is 0 Å². The van der Waals surface area contributed by atoms with Crippen molar-refractivity contribution >= 4 is 34.8 Å². The number of hydrogen-bond acceptors (Lipinski definition) is 4. The molecule has 1 aromatic rings. The van der Waals surface area contributed by atoms with Gasteiger partial charge in [0.2, 0.25) is 5.91 Å². The molecular formula is C13H18ClN3O2S. The highest BCUT2D eigenvalue weighted by Crippen LogP contribution is 2.21. The average Bonchev–Trinajstić information content (AvgIpc) is 2.99. The summed E-state index contributed by atoms with van der Waals surface area (Å²) in [5, 5.41) is 5.76. The normalized spacial score (nSPS) is 19.0. The molecule has 0 spiro atoms. The maximum Gasteiger partial charge on any atom is 0.261 e. The molecule has 1 aromatic heterocycles. The number of rotatable bonds is 5. The molecule has 2 N–H and O–H groups in total. The van der Waals surface area contributed by atoms with Gasteiger partial charge in [0.15, 0.2) is 0 Å². The van der Waals surface area contributed by atoms with E-state index in [0.29, 0.717) is 28.8 Å². The third-order valence-corrected chi connectivity index (χ3v) is 4.38. The van der Waals surface area contributed by atoms with Crippen LogP contribution in [0.15, 0.2) is 12.1 Å². The highest BCUT2D eigenvalue weighted by Gasteiger charge is 2.25. The number of likely N-dealkylation sites (tertiary alicyclic amines) is 1. The summed E-state index contributed by atoms with van der Waals surface area (Å²) in [6, 6.07) is 3.54. The van der Waals surface area contributed by atoms with Crippen LogP contribution < -0.4 is 10.6 Å². The Bertz CT molecular complexity index is 492. The van der Waals surface area contributed by atoms with Gasteiger partial charge in [-0.1, -0.05) is 11.6 Å². The zero-order chi connectivity index (χ0) is 14.5. The molecule has 2 heterocycles. The van der Waals surface area contributed by atoms with E-state index in [1.165, 1.54) is 11.3 Å². The average molecular weight is 316 g/mol. The molecule has 5 nitrogen and oxygen atoms in total. The minimum atomic E-state index is -0.0910. The van der Waals surface area contributed by atoms with E-state index < -0.39 is 0 Å². The monoisotopic (exact) mass is 315 g/mol. The number of likely N-dealkylation sites (N-methyl/N-ethyl adjacent to an activating group) is 1. The smallest absolute Gasteiger partial charge is 0.261 e. The van der Waals surface area contributed by atoms with Crippen molar-refractivity contribution in [1.82, 2.24) is 15.5 Å². The molecular weight excluding hydrogens is 298 g/mol. The molecule has 2 amide bonds. The summed E-state index contributed by atoms with van der Waals surface area (Å²) in [4.78, 5) is 26.2. The Morgan fingerprint density at radius 3 is 2.95 bits per heavy atom. The second-order valence-corrected chi connectivity index (χ2v) is 6.47. The van der Waals surface area contributed by atoms with Gasteiger partial charge in [-0.15, -0.1) is 11.3 Å². The Labute approximate surface area is 127 Å². The SMILES string of the molecule is CCNC(=O)CN1CCC(NC(=O)c2ccc(Cl)s2)C1. The Morgan fingerprint density at radius 1 is 1.50 bits per heavy atom. The predicted molar refractivity (Wildman–Crippen MR) is 80.3 cm³/mol. The summed E-state index contributed by atoms with van der Waals surface area (Å²) >= 11 is 7.09. The first-order valence-corrected chi connectivity index (χ1v) is 7.83. The van der Waals surface area contributed by atoms with Crippen LogP contribution in [0.25, 0.3) is 0 Å². The highest BCUT2D eigenvalue weighted by molar-refractivity contribution is 7.17. The lowest BCUT2D eigenvalue weighted by molar-refractivity contribution is -0.121. The van der Waals surface area contributed by atoms with Crippen molar-refractivity contribution in [2.24, 2.45) is 0 Å². The molecule has 0 aromatic carbocycles. The zero-order valence-corrected chi connectivity index (χ0v) is 12.9. The molecule has 110 valence electrons. The van der Waals surface area contributed by atoms with Crippen molar-refractivity contribution in [3.63, 3.8) is 0 Å². The first kappa shape index (κ1) is 15.3. The molecule has 0 aliphatic carbocycles. The number of hydrogen-bond donors (Lipinski definition) is 2. The van der Waals surface area contributed by atoms with Crippen LogP contribution in [0.2, 0.25) is 4.34 Å². The van der Waals surface area contributed by atoms with Crippen molar-refractivity contribution in [3.05, 3.63) is 21.3 Å². The Morgan fingerprint density at radius 2 is 2.30 bits per heavy atom. The molecule has 0 radical (unpaired) electrons. The zero-order valence-electron chi connectivity index (χ0n) is 11.3. The van der Waals surface area contributed by atoms with Gasteiger partial charge >= 0.3 is 0 Å². The summed E-state index contributed by atoms with van der Waals surface area (Å²) in [7, 11) is 0. The molecule has 2 rings (SSSR count). The van der Waals surface area contributed by atoms with Crippen molar-refractivity contribution in [3.8, 4) is 0 Å². The van der Waals surface area contributed by atoms with E-state index in [1.807, 2.05) is 6.92 Å². The maximum absolute atomic E-state index is 12.0. The summed E-state index contributed by atoms with van der Waals surface area (Å²) in [5.41, 5.74) is 0. The van der Waals surface area contributed by atoms with Gasteiger partial charge < -0.3 is 10.6 Å². The first-order valence-electron chi connectivity index (χ1n) is 6.63. The van der Waals surface area contributed by atoms with Gasteiger partial charge in [-0.2, -0.15) is 0 Å². The van der Waals surface area contributed by atoms with Crippen LogP contribution in [-0.4, -0.2) is 48.9 Å². The van der Waals surface area contributed by atoms with Crippen LogP contribution in [0.4, 0.5) is 0 Å². The standard InChI is InChI=1S/C13H18ClN3O2S/c1-2-15-12(18)8-17-6-5-9(7-17)16-13(19)10-3-4-11(14)20-10/h3-4,9H,2,5-8H2,1H3,(H,15,18)(H,16,19). The fraction of sp³-hybridized carbons (Fsp3) is 0.538. The fourth-order valence-corrected chi connectivity index (χ4v) is 3.19. The molecule has 0 saturated carbocycles. The van der Waals surface area contributed by atoms with E-state index in [9.17, 15) is 9.59 Å². The maximum atomic E-state index is 12.0. The number of halogens is 1. The Kier molecular flexibility index (Phi) is 5.39. The molecule has 1 atom stereocenters. The molecule has 1 unspecified atom stereocenters. The van der Waals surface area contributed by atoms with Crippen molar-refractivity contribution in [1.29, 1.82) is 0 Å². The number of carbonyl (C=O) groups is 2. The molecule has 7 heteroatoms. The van der Waals surface area contributed by atoms with Gasteiger partial charge in [0.25, 0.3) is 5.91 Å². The molecule has 1 saturated heterocycles. The van der Waals surface area contributed by atoms with E-state index in [4.69, 9.17) is 11.6 Å². The van der Waals surface area contributed by atoms with E-state index in [1.54, 1.807) is 12.1 Å². The van der Waals surface area contributed by atoms with Gasteiger partial charge in [-0.3, -0.25) is 14.5 Å². The quantitative estimate of drug-likeness (QED) is 0.862. The van der Waals surface area contributed by atoms with Gasteiger partial charge in [0.05, 0.1) is 15.8 Å². The lowest BCUT2D eigenvalue weighted by atomic mass is 10.2. The lowest BCUT2D eigenvalue weighted by Crippen LogP contribution is -2.40. The fourth-order valence-electron chi connectivity index (χ4n) is 2.24. The second kappa shape index (κ2) is 7.06. The minimum Gasteiger partial charge on any atom is -0.355 e. The summed E-state index contributed by atoms with van der Waals surface area (Å²) in [5.74, 6) is -0.0590. The van der Waals surface area contributed by atoms with E-state index >= 15 is 0 Å². The van der Waals surface area contributed by atoms with Crippen LogP contribution in [0.1, 0.15) is 23.0 Å².